The zero-order valence-electron chi connectivity index (χ0n) is 11.4. The summed E-state index contributed by atoms with van der Waals surface area (Å²) in [5.74, 6) is -0.573. The number of carboxylic acid groups (broad SMARTS) is 1. The van der Waals surface area contributed by atoms with Gasteiger partial charge in [-0.05, 0) is 24.3 Å². The van der Waals surface area contributed by atoms with Crippen molar-refractivity contribution in [3.63, 3.8) is 0 Å². The van der Waals surface area contributed by atoms with Gasteiger partial charge in [0, 0.05) is 5.56 Å². The number of hydrazine groups is 1. The van der Waals surface area contributed by atoms with E-state index in [0.29, 0.717) is 11.3 Å². The van der Waals surface area contributed by atoms with Crippen molar-refractivity contribution < 1.29 is 19.5 Å². The molecule has 2 aromatic rings. The lowest BCUT2D eigenvalue weighted by molar-refractivity contribution is 0.0992. The van der Waals surface area contributed by atoms with Crippen molar-refractivity contribution in [2.75, 3.05) is 4.90 Å². The molecule has 2 aromatic carbocycles. The highest BCUT2D eigenvalue weighted by Gasteiger charge is 2.24. The maximum Gasteiger partial charge on any atom is 0.423 e. The molecule has 0 aliphatic carbocycles. The van der Waals surface area contributed by atoms with Crippen LogP contribution < -0.4 is 15.8 Å². The lowest BCUT2D eigenvalue weighted by Gasteiger charge is -2.21. The van der Waals surface area contributed by atoms with Crippen LogP contribution in [-0.2, 0) is 0 Å². The monoisotopic (exact) mass is 299 g/mol. The van der Waals surface area contributed by atoms with Gasteiger partial charge in [-0.2, -0.15) is 0 Å². The molecule has 2 rings (SSSR count). The SMILES string of the molecule is O=C(O)NNC(=O)N(C(=O)c1ccccc1)c1ccccc1. The lowest BCUT2D eigenvalue weighted by Crippen LogP contribution is -2.50. The maximum atomic E-state index is 12.5. The molecule has 3 N–H and O–H groups in total. The molecular weight excluding hydrogens is 286 g/mol. The zero-order chi connectivity index (χ0) is 15.9. The van der Waals surface area contributed by atoms with Gasteiger partial charge in [-0.1, -0.05) is 36.4 Å². The summed E-state index contributed by atoms with van der Waals surface area (Å²) in [6.07, 6.45) is -1.44. The smallest absolute Gasteiger partial charge is 0.423 e. The molecule has 0 atom stereocenters. The van der Waals surface area contributed by atoms with Crippen LogP contribution in [0.3, 0.4) is 0 Å². The molecule has 0 unspecified atom stereocenters. The van der Waals surface area contributed by atoms with E-state index in [9.17, 15) is 14.4 Å². The number of urea groups is 1. The van der Waals surface area contributed by atoms with E-state index >= 15 is 0 Å². The first kappa shape index (κ1) is 15.0. The first-order valence-electron chi connectivity index (χ1n) is 6.33. The van der Waals surface area contributed by atoms with Crippen LogP contribution in [0.5, 0.6) is 0 Å². The number of nitrogens with one attached hydrogen (secondary N) is 2. The summed E-state index contributed by atoms with van der Waals surface area (Å²) in [6.45, 7) is 0. The summed E-state index contributed by atoms with van der Waals surface area (Å²) in [7, 11) is 0. The van der Waals surface area contributed by atoms with Crippen molar-refractivity contribution in [2.45, 2.75) is 0 Å². The highest BCUT2D eigenvalue weighted by Crippen LogP contribution is 2.17. The van der Waals surface area contributed by atoms with Crippen LogP contribution in [0.25, 0.3) is 0 Å². The summed E-state index contributed by atoms with van der Waals surface area (Å²) in [5, 5.41) is 8.54. The number of carbonyl (C=O) groups is 3. The second kappa shape index (κ2) is 6.89. The molecule has 0 fully saturated rings. The van der Waals surface area contributed by atoms with Crippen molar-refractivity contribution in [1.29, 1.82) is 0 Å². The van der Waals surface area contributed by atoms with Gasteiger partial charge < -0.3 is 5.11 Å². The quantitative estimate of drug-likeness (QED) is 0.740. The van der Waals surface area contributed by atoms with Gasteiger partial charge >= 0.3 is 12.1 Å². The van der Waals surface area contributed by atoms with Gasteiger partial charge in [0.15, 0.2) is 0 Å². The molecule has 0 aliphatic rings. The Bertz CT molecular complexity index is 674. The zero-order valence-corrected chi connectivity index (χ0v) is 11.4. The molecule has 7 heteroatoms. The molecule has 7 nitrogen and oxygen atoms in total. The number of rotatable bonds is 2. The number of nitrogens with zero attached hydrogens (tertiary/aromatic N) is 1. The topological polar surface area (TPSA) is 98.7 Å². The van der Waals surface area contributed by atoms with E-state index in [4.69, 9.17) is 5.11 Å². The number of benzene rings is 2. The second-order valence-electron chi connectivity index (χ2n) is 4.20. The molecule has 0 aliphatic heterocycles. The summed E-state index contributed by atoms with van der Waals surface area (Å²) < 4.78 is 0. The fourth-order valence-corrected chi connectivity index (χ4v) is 1.78. The number of amides is 4. The van der Waals surface area contributed by atoms with Crippen LogP contribution in [0.2, 0.25) is 0 Å². The summed E-state index contributed by atoms with van der Waals surface area (Å²) in [4.78, 5) is 36.0. The van der Waals surface area contributed by atoms with E-state index in [1.54, 1.807) is 66.1 Å². The molecule has 0 saturated carbocycles. The van der Waals surface area contributed by atoms with Crippen LogP contribution in [0.4, 0.5) is 15.3 Å². The third-order valence-corrected chi connectivity index (χ3v) is 2.72. The molecular formula is C15H13N3O4. The van der Waals surface area contributed by atoms with Crippen molar-refractivity contribution in [2.24, 2.45) is 0 Å². The van der Waals surface area contributed by atoms with E-state index < -0.39 is 18.0 Å². The average molecular weight is 299 g/mol. The second-order valence-corrected chi connectivity index (χ2v) is 4.20. The van der Waals surface area contributed by atoms with Crippen LogP contribution in [0.15, 0.2) is 60.7 Å². The van der Waals surface area contributed by atoms with E-state index in [-0.39, 0.29) is 0 Å². The Labute approximate surface area is 126 Å². The van der Waals surface area contributed by atoms with Crippen molar-refractivity contribution in [3.8, 4) is 0 Å². The molecule has 0 aromatic heterocycles. The van der Waals surface area contributed by atoms with E-state index in [2.05, 4.69) is 0 Å². The third kappa shape index (κ3) is 3.60. The normalized spacial score (nSPS) is 9.64. The first-order valence-corrected chi connectivity index (χ1v) is 6.33. The van der Waals surface area contributed by atoms with Gasteiger partial charge in [-0.3, -0.25) is 4.79 Å². The largest absolute Gasteiger partial charge is 0.464 e. The first-order chi connectivity index (χ1) is 10.6. The number of hydrogen-bond acceptors (Lipinski definition) is 3. The Hall–Kier alpha value is -3.35. The Morgan fingerprint density at radius 2 is 1.36 bits per heavy atom. The Kier molecular flexibility index (Phi) is 4.71. The number of anilines is 1. The van der Waals surface area contributed by atoms with Crippen molar-refractivity contribution in [1.82, 2.24) is 10.9 Å². The molecule has 0 bridgehead atoms. The molecule has 112 valence electrons. The molecule has 22 heavy (non-hydrogen) atoms. The van der Waals surface area contributed by atoms with Gasteiger partial charge in [0.1, 0.15) is 0 Å². The number of imide groups is 1. The van der Waals surface area contributed by atoms with Crippen LogP contribution in [0.1, 0.15) is 10.4 Å². The average Bonchev–Trinajstić information content (AvgIpc) is 2.55. The van der Waals surface area contributed by atoms with Crippen LogP contribution in [-0.4, -0.2) is 23.1 Å². The van der Waals surface area contributed by atoms with E-state index in [1.807, 2.05) is 5.43 Å². The minimum absolute atomic E-state index is 0.303. The molecule has 4 amide bonds. The fourth-order valence-electron chi connectivity index (χ4n) is 1.78. The Morgan fingerprint density at radius 3 is 1.91 bits per heavy atom. The number of hydrogen-bond donors (Lipinski definition) is 3. The standard InChI is InChI=1S/C15H13N3O4/c19-13(11-7-3-1-4-8-11)18(12-9-5-2-6-10-12)14(20)16-17-15(21)22/h1-10,17H,(H,16,20)(H,21,22). The summed E-state index contributed by atoms with van der Waals surface area (Å²) in [6, 6.07) is 15.5. The fraction of sp³-hybridized carbons (Fsp3) is 0. The number of carbonyl (C=O) groups excluding carboxylic acids is 2. The minimum Gasteiger partial charge on any atom is -0.464 e. The Balaban J connectivity index is 2.32. The van der Waals surface area contributed by atoms with Crippen LogP contribution in [0, 0.1) is 0 Å². The van der Waals surface area contributed by atoms with Crippen LogP contribution >= 0.6 is 0 Å². The molecule has 0 spiro atoms. The summed E-state index contributed by atoms with van der Waals surface area (Å²) >= 11 is 0. The molecule has 0 radical (unpaired) electrons. The van der Waals surface area contributed by atoms with E-state index in [1.165, 1.54) is 0 Å². The predicted molar refractivity (Wildman–Crippen MR) is 79.4 cm³/mol. The lowest BCUT2D eigenvalue weighted by atomic mass is 10.2. The van der Waals surface area contributed by atoms with Crippen molar-refractivity contribution in [3.05, 3.63) is 66.2 Å². The Morgan fingerprint density at radius 1 is 0.818 bits per heavy atom. The summed E-state index contributed by atoms with van der Waals surface area (Å²) in [5.41, 5.74) is 4.30. The third-order valence-electron chi connectivity index (χ3n) is 2.72. The minimum atomic E-state index is -1.44. The van der Waals surface area contributed by atoms with Gasteiger partial charge in [-0.15, -0.1) is 0 Å². The maximum absolute atomic E-state index is 12.5. The molecule has 0 heterocycles. The highest BCUT2D eigenvalue weighted by atomic mass is 16.4. The van der Waals surface area contributed by atoms with E-state index in [0.717, 1.165) is 4.90 Å². The van der Waals surface area contributed by atoms with Crippen molar-refractivity contribution >= 4 is 23.7 Å². The van der Waals surface area contributed by atoms with Gasteiger partial charge in [0.25, 0.3) is 5.91 Å². The number of para-hydroxylation sites is 1. The molecule has 0 saturated heterocycles. The highest BCUT2D eigenvalue weighted by molar-refractivity contribution is 6.20. The van der Waals surface area contributed by atoms with Gasteiger partial charge in [-0.25, -0.2) is 25.3 Å². The van der Waals surface area contributed by atoms with Gasteiger partial charge in [0.05, 0.1) is 5.69 Å². The van der Waals surface area contributed by atoms with Gasteiger partial charge in [0.2, 0.25) is 0 Å². The predicted octanol–water partition coefficient (Wildman–Crippen LogP) is 2.23.